The maximum atomic E-state index is 13.3. The normalized spacial score (nSPS) is 10.5. The molecule has 7 nitrogen and oxygen atoms in total. The highest BCUT2D eigenvalue weighted by molar-refractivity contribution is 5.64. The molecule has 0 spiro atoms. The molecule has 33 heavy (non-hydrogen) atoms. The molecule has 7 heteroatoms. The lowest BCUT2D eigenvalue weighted by atomic mass is 10.1. The van der Waals surface area contributed by atoms with E-state index in [1.807, 2.05) is 85.8 Å². The lowest BCUT2D eigenvalue weighted by molar-refractivity contribution is -0.109. The first kappa shape index (κ1) is 21.8. The van der Waals surface area contributed by atoms with Crippen molar-refractivity contribution in [3.8, 4) is 28.3 Å². The lowest BCUT2D eigenvalue weighted by Gasteiger charge is -2.14. The topological polar surface area (TPSA) is 85.2 Å². The number of rotatable bonds is 9. The maximum absolute atomic E-state index is 13.3. The van der Waals surface area contributed by atoms with E-state index in [4.69, 9.17) is 4.74 Å². The molecular weight excluding hydrogens is 416 g/mol. The quantitative estimate of drug-likeness (QED) is 0.302. The number of nitrogens with zero attached hydrogens (tertiary/aromatic N) is 2. The summed E-state index contributed by atoms with van der Waals surface area (Å²) in [5.74, 6) is 0.659. The van der Waals surface area contributed by atoms with Gasteiger partial charge in [0.05, 0.1) is 11.9 Å². The van der Waals surface area contributed by atoms with Crippen molar-refractivity contribution < 1.29 is 9.53 Å². The minimum atomic E-state index is -0.390. The Kier molecular flexibility index (Phi) is 6.80. The van der Waals surface area contributed by atoms with Gasteiger partial charge in [-0.2, -0.15) is 9.78 Å². The second-order valence-electron chi connectivity index (χ2n) is 7.43. The standard InChI is InChI=1S/C26H24N4O3/c1-19-7-11-22(12-8-19)30-26(32)25(24(17-29-30)28-16-15-27-18-31)33-23-13-9-21(10-14-23)20-5-3-2-4-6-20/h2-14,17-18,28H,15-16H2,1H3,(H,27,31). The van der Waals surface area contributed by atoms with Crippen LogP contribution >= 0.6 is 0 Å². The van der Waals surface area contributed by atoms with Crippen LogP contribution < -0.4 is 20.9 Å². The first-order valence-corrected chi connectivity index (χ1v) is 10.6. The van der Waals surface area contributed by atoms with Crippen molar-refractivity contribution >= 4 is 12.1 Å². The van der Waals surface area contributed by atoms with Gasteiger partial charge in [-0.1, -0.05) is 60.2 Å². The molecule has 0 aliphatic heterocycles. The van der Waals surface area contributed by atoms with Gasteiger partial charge >= 0.3 is 5.56 Å². The van der Waals surface area contributed by atoms with Gasteiger partial charge < -0.3 is 15.4 Å². The van der Waals surface area contributed by atoms with Crippen LogP contribution in [-0.4, -0.2) is 29.3 Å². The summed E-state index contributed by atoms with van der Waals surface area (Å²) in [5.41, 5.74) is 3.93. The van der Waals surface area contributed by atoms with E-state index in [1.165, 1.54) is 4.68 Å². The van der Waals surface area contributed by atoms with Crippen LogP contribution in [0.2, 0.25) is 0 Å². The van der Waals surface area contributed by atoms with E-state index in [0.717, 1.165) is 16.7 Å². The van der Waals surface area contributed by atoms with Crippen molar-refractivity contribution in [1.29, 1.82) is 0 Å². The fourth-order valence-electron chi connectivity index (χ4n) is 3.32. The van der Waals surface area contributed by atoms with E-state index in [1.54, 1.807) is 6.20 Å². The molecule has 4 rings (SSSR count). The molecule has 0 unspecified atom stereocenters. The summed E-state index contributed by atoms with van der Waals surface area (Å²) >= 11 is 0. The Morgan fingerprint density at radius 2 is 1.61 bits per heavy atom. The molecule has 0 saturated carbocycles. The smallest absolute Gasteiger partial charge is 0.316 e. The molecule has 0 aliphatic carbocycles. The minimum Gasteiger partial charge on any atom is -0.449 e. The number of benzene rings is 3. The van der Waals surface area contributed by atoms with E-state index in [9.17, 15) is 9.59 Å². The van der Waals surface area contributed by atoms with Gasteiger partial charge in [-0.25, -0.2) is 0 Å². The van der Waals surface area contributed by atoms with Crippen molar-refractivity contribution in [2.75, 3.05) is 18.4 Å². The van der Waals surface area contributed by atoms with Crippen LogP contribution in [0.15, 0.2) is 89.9 Å². The molecule has 0 radical (unpaired) electrons. The molecule has 0 fully saturated rings. The zero-order valence-electron chi connectivity index (χ0n) is 18.2. The Morgan fingerprint density at radius 3 is 2.30 bits per heavy atom. The molecule has 1 amide bonds. The van der Waals surface area contributed by atoms with Gasteiger partial charge in [0.1, 0.15) is 11.4 Å². The van der Waals surface area contributed by atoms with Crippen LogP contribution in [0.4, 0.5) is 5.69 Å². The fraction of sp³-hybridized carbons (Fsp3) is 0.115. The second kappa shape index (κ2) is 10.3. The minimum absolute atomic E-state index is 0.129. The maximum Gasteiger partial charge on any atom is 0.316 e. The predicted molar refractivity (Wildman–Crippen MR) is 129 cm³/mol. The Bertz CT molecular complexity index is 1270. The number of hydrogen-bond acceptors (Lipinski definition) is 5. The molecule has 0 bridgehead atoms. The third-order valence-corrected chi connectivity index (χ3v) is 5.06. The van der Waals surface area contributed by atoms with Gasteiger partial charge in [-0.3, -0.25) is 9.59 Å². The molecule has 0 atom stereocenters. The van der Waals surface area contributed by atoms with E-state index in [2.05, 4.69) is 15.7 Å². The van der Waals surface area contributed by atoms with Crippen LogP contribution in [0.3, 0.4) is 0 Å². The van der Waals surface area contributed by atoms with Crippen LogP contribution in [0.1, 0.15) is 5.56 Å². The van der Waals surface area contributed by atoms with E-state index < -0.39 is 0 Å². The Morgan fingerprint density at radius 1 is 0.909 bits per heavy atom. The highest BCUT2D eigenvalue weighted by atomic mass is 16.5. The highest BCUT2D eigenvalue weighted by Gasteiger charge is 2.15. The third kappa shape index (κ3) is 5.27. The SMILES string of the molecule is Cc1ccc(-n2ncc(NCCNC=O)c(Oc3ccc(-c4ccccc4)cc3)c2=O)cc1. The summed E-state index contributed by atoms with van der Waals surface area (Å²) in [6.45, 7) is 2.79. The van der Waals surface area contributed by atoms with E-state index in [-0.39, 0.29) is 11.3 Å². The summed E-state index contributed by atoms with van der Waals surface area (Å²) in [5, 5.41) is 10.00. The van der Waals surface area contributed by atoms with E-state index in [0.29, 0.717) is 36.6 Å². The summed E-state index contributed by atoms with van der Waals surface area (Å²) in [4.78, 5) is 23.8. The number of carbonyl (C=O) groups is 1. The number of ether oxygens (including phenoxy) is 1. The van der Waals surface area contributed by atoms with Crippen molar-refractivity contribution in [2.45, 2.75) is 6.92 Å². The first-order chi connectivity index (χ1) is 16.2. The molecule has 4 aromatic rings. The fourth-order valence-corrected chi connectivity index (χ4v) is 3.32. The molecule has 166 valence electrons. The average Bonchev–Trinajstić information content (AvgIpc) is 2.85. The number of carbonyl (C=O) groups excluding carboxylic acids is 1. The summed E-state index contributed by atoms with van der Waals surface area (Å²) in [6, 6.07) is 25.1. The Hall–Kier alpha value is -4.39. The zero-order chi connectivity index (χ0) is 23.0. The van der Waals surface area contributed by atoms with Crippen LogP contribution in [0.25, 0.3) is 16.8 Å². The molecule has 0 aliphatic rings. The van der Waals surface area contributed by atoms with Gasteiger partial charge in [0.15, 0.2) is 0 Å². The number of aromatic nitrogens is 2. The monoisotopic (exact) mass is 440 g/mol. The summed E-state index contributed by atoms with van der Waals surface area (Å²) < 4.78 is 7.36. The van der Waals surface area contributed by atoms with Crippen LogP contribution in [-0.2, 0) is 4.79 Å². The van der Waals surface area contributed by atoms with E-state index >= 15 is 0 Å². The lowest BCUT2D eigenvalue weighted by Crippen LogP contribution is -2.25. The average molecular weight is 441 g/mol. The molecule has 3 aromatic carbocycles. The molecule has 2 N–H and O–H groups in total. The van der Waals surface area contributed by atoms with Gasteiger partial charge in [0.2, 0.25) is 12.2 Å². The highest BCUT2D eigenvalue weighted by Crippen LogP contribution is 2.28. The number of nitrogens with one attached hydrogen (secondary N) is 2. The molecule has 0 saturated heterocycles. The third-order valence-electron chi connectivity index (χ3n) is 5.06. The van der Waals surface area contributed by atoms with Crippen molar-refractivity contribution in [3.05, 3.63) is 101 Å². The van der Waals surface area contributed by atoms with Crippen molar-refractivity contribution in [3.63, 3.8) is 0 Å². The van der Waals surface area contributed by atoms with Crippen molar-refractivity contribution in [2.24, 2.45) is 0 Å². The van der Waals surface area contributed by atoms with Crippen LogP contribution in [0, 0.1) is 6.92 Å². The molecule has 1 aromatic heterocycles. The number of anilines is 1. The number of hydrogen-bond donors (Lipinski definition) is 2. The summed E-state index contributed by atoms with van der Waals surface area (Å²) in [6.07, 6.45) is 2.18. The van der Waals surface area contributed by atoms with Gasteiger partial charge in [-0.15, -0.1) is 0 Å². The second-order valence-corrected chi connectivity index (χ2v) is 7.43. The number of aryl methyl sites for hydroxylation is 1. The van der Waals surface area contributed by atoms with Gasteiger partial charge in [-0.05, 0) is 42.3 Å². The molecule has 1 heterocycles. The largest absolute Gasteiger partial charge is 0.449 e. The Balaban J connectivity index is 1.66. The summed E-state index contributed by atoms with van der Waals surface area (Å²) in [7, 11) is 0. The predicted octanol–water partition coefficient (Wildman–Crippen LogP) is 4.16. The number of amides is 1. The van der Waals surface area contributed by atoms with Crippen molar-refractivity contribution in [1.82, 2.24) is 15.1 Å². The van der Waals surface area contributed by atoms with Gasteiger partial charge in [0.25, 0.3) is 0 Å². The Labute approximate surface area is 191 Å². The van der Waals surface area contributed by atoms with Crippen LogP contribution in [0.5, 0.6) is 11.5 Å². The van der Waals surface area contributed by atoms with Gasteiger partial charge in [0, 0.05) is 13.1 Å². The first-order valence-electron chi connectivity index (χ1n) is 10.6. The molecular formula is C26H24N4O3. The zero-order valence-corrected chi connectivity index (χ0v) is 18.2.